The van der Waals surface area contributed by atoms with Crippen LogP contribution in [0.4, 0.5) is 4.79 Å². The van der Waals surface area contributed by atoms with Crippen molar-refractivity contribution >= 4 is 26.9 Å². The molecule has 0 saturated carbocycles. The van der Waals surface area contributed by atoms with Crippen molar-refractivity contribution < 1.29 is 17.9 Å². The lowest BCUT2D eigenvalue weighted by atomic mass is 10.1. The minimum atomic E-state index is -3.98. The molecule has 1 amide bonds. The zero-order valence-corrected chi connectivity index (χ0v) is 12.9. The molecule has 0 aliphatic rings. The summed E-state index contributed by atoms with van der Waals surface area (Å²) in [5.41, 5.74) is -0.766. The number of carbonyl (C=O) groups is 1. The molecule has 2 aromatic rings. The standard InChI is InChI=1S/C15H17NO4S/c1-15(2,3)20-14(17)16-21(18,19)13-10-6-8-11-7-4-5-9-12(11)13/h4-10H,1-3H3,(H,16,17). The Morgan fingerprint density at radius 2 is 1.67 bits per heavy atom. The summed E-state index contributed by atoms with van der Waals surface area (Å²) in [5.74, 6) is 0. The first-order valence-electron chi connectivity index (χ1n) is 6.43. The van der Waals surface area contributed by atoms with Crippen LogP contribution in [-0.2, 0) is 14.8 Å². The molecule has 0 aromatic heterocycles. The van der Waals surface area contributed by atoms with Gasteiger partial charge in [-0.25, -0.2) is 17.9 Å². The van der Waals surface area contributed by atoms with E-state index in [1.54, 1.807) is 39.0 Å². The number of benzene rings is 2. The first-order valence-corrected chi connectivity index (χ1v) is 7.91. The van der Waals surface area contributed by atoms with Crippen LogP contribution in [0.3, 0.4) is 0 Å². The highest BCUT2D eigenvalue weighted by atomic mass is 32.2. The molecule has 112 valence electrons. The van der Waals surface area contributed by atoms with Crippen molar-refractivity contribution in [3.63, 3.8) is 0 Å². The van der Waals surface area contributed by atoms with E-state index in [-0.39, 0.29) is 4.90 Å². The zero-order chi connectivity index (χ0) is 15.7. The maximum atomic E-state index is 12.3. The van der Waals surface area contributed by atoms with Crippen molar-refractivity contribution in [3.8, 4) is 0 Å². The number of carbonyl (C=O) groups excluding carboxylic acids is 1. The minimum Gasteiger partial charge on any atom is -0.443 e. The minimum absolute atomic E-state index is 0.0476. The van der Waals surface area contributed by atoms with Crippen molar-refractivity contribution in [2.24, 2.45) is 0 Å². The molecular formula is C15H17NO4S. The topological polar surface area (TPSA) is 72.5 Å². The predicted octanol–water partition coefficient (Wildman–Crippen LogP) is 3.05. The number of nitrogens with one attached hydrogen (secondary N) is 1. The Kier molecular flexibility index (Phi) is 3.91. The average Bonchev–Trinajstić information content (AvgIpc) is 2.35. The Bertz CT molecular complexity index is 770. The monoisotopic (exact) mass is 307 g/mol. The van der Waals surface area contributed by atoms with Crippen molar-refractivity contribution in [2.75, 3.05) is 0 Å². The van der Waals surface area contributed by atoms with Gasteiger partial charge in [-0.05, 0) is 32.2 Å². The van der Waals surface area contributed by atoms with Crippen LogP contribution < -0.4 is 4.72 Å². The molecule has 0 radical (unpaired) electrons. The van der Waals surface area contributed by atoms with Crippen LogP contribution >= 0.6 is 0 Å². The van der Waals surface area contributed by atoms with Gasteiger partial charge in [0, 0.05) is 5.39 Å². The highest BCUT2D eigenvalue weighted by Gasteiger charge is 2.24. The third-order valence-electron chi connectivity index (χ3n) is 2.66. The van der Waals surface area contributed by atoms with Crippen LogP contribution in [-0.4, -0.2) is 20.1 Å². The molecular weight excluding hydrogens is 290 g/mol. The number of fused-ring (bicyclic) bond motifs is 1. The molecule has 0 bridgehead atoms. The van der Waals surface area contributed by atoms with Gasteiger partial charge in [0.25, 0.3) is 10.0 Å². The first kappa shape index (κ1) is 15.3. The van der Waals surface area contributed by atoms with E-state index in [1.165, 1.54) is 6.07 Å². The van der Waals surface area contributed by atoms with Crippen molar-refractivity contribution in [2.45, 2.75) is 31.3 Å². The Hall–Kier alpha value is -2.08. The van der Waals surface area contributed by atoms with Gasteiger partial charge in [-0.2, -0.15) is 0 Å². The van der Waals surface area contributed by atoms with Crippen LogP contribution in [0.5, 0.6) is 0 Å². The molecule has 5 nitrogen and oxygen atoms in total. The quantitative estimate of drug-likeness (QED) is 0.925. The van der Waals surface area contributed by atoms with Gasteiger partial charge in [-0.15, -0.1) is 0 Å². The van der Waals surface area contributed by atoms with Gasteiger partial charge in [0.15, 0.2) is 0 Å². The number of rotatable bonds is 2. The molecule has 0 fully saturated rings. The predicted molar refractivity (Wildman–Crippen MR) is 80.5 cm³/mol. The molecule has 21 heavy (non-hydrogen) atoms. The maximum Gasteiger partial charge on any atom is 0.421 e. The number of ether oxygens (including phenoxy) is 1. The summed E-state index contributed by atoms with van der Waals surface area (Å²) in [6, 6.07) is 12.0. The van der Waals surface area contributed by atoms with E-state index >= 15 is 0 Å². The maximum absolute atomic E-state index is 12.3. The first-order chi connectivity index (χ1) is 9.69. The smallest absolute Gasteiger partial charge is 0.421 e. The van der Waals surface area contributed by atoms with Gasteiger partial charge in [0.05, 0.1) is 4.90 Å². The molecule has 0 saturated heterocycles. The molecule has 0 aliphatic carbocycles. The molecule has 1 N–H and O–H groups in total. The van der Waals surface area contributed by atoms with E-state index in [2.05, 4.69) is 0 Å². The van der Waals surface area contributed by atoms with Crippen molar-refractivity contribution in [1.82, 2.24) is 4.72 Å². The Labute approximate surface area is 124 Å². The Morgan fingerprint density at radius 3 is 2.33 bits per heavy atom. The van der Waals surface area contributed by atoms with Gasteiger partial charge < -0.3 is 4.74 Å². The lowest BCUT2D eigenvalue weighted by Crippen LogP contribution is -2.36. The fraction of sp³-hybridized carbons (Fsp3) is 0.267. The molecule has 2 rings (SSSR count). The lowest BCUT2D eigenvalue weighted by molar-refractivity contribution is 0.0570. The number of amides is 1. The summed E-state index contributed by atoms with van der Waals surface area (Å²) in [4.78, 5) is 11.7. The molecule has 6 heteroatoms. The van der Waals surface area contributed by atoms with Gasteiger partial charge in [-0.3, -0.25) is 0 Å². The second-order valence-corrected chi connectivity index (χ2v) is 7.24. The van der Waals surface area contributed by atoms with Crippen LogP contribution in [0.1, 0.15) is 20.8 Å². The highest BCUT2D eigenvalue weighted by molar-refractivity contribution is 7.90. The van der Waals surface area contributed by atoms with Crippen LogP contribution in [0.15, 0.2) is 47.4 Å². The summed E-state index contributed by atoms with van der Waals surface area (Å²) >= 11 is 0. The van der Waals surface area contributed by atoms with Gasteiger partial charge in [0.1, 0.15) is 5.60 Å². The summed E-state index contributed by atoms with van der Waals surface area (Å²) in [6.07, 6.45) is -0.990. The van der Waals surface area contributed by atoms with E-state index in [0.29, 0.717) is 5.39 Å². The van der Waals surface area contributed by atoms with Gasteiger partial charge in [0.2, 0.25) is 0 Å². The molecule has 0 spiro atoms. The third-order valence-corrected chi connectivity index (χ3v) is 4.03. The van der Waals surface area contributed by atoms with Crippen LogP contribution in [0.2, 0.25) is 0 Å². The second kappa shape index (κ2) is 5.37. The third kappa shape index (κ3) is 3.72. The second-order valence-electron chi connectivity index (χ2n) is 5.58. The van der Waals surface area contributed by atoms with E-state index in [0.717, 1.165) is 5.39 Å². The van der Waals surface area contributed by atoms with E-state index in [9.17, 15) is 13.2 Å². The lowest BCUT2D eigenvalue weighted by Gasteiger charge is -2.19. The normalized spacial score (nSPS) is 12.1. The summed E-state index contributed by atoms with van der Waals surface area (Å²) in [6.45, 7) is 4.99. The van der Waals surface area contributed by atoms with Crippen LogP contribution in [0.25, 0.3) is 10.8 Å². The Balaban J connectivity index is 2.37. The van der Waals surface area contributed by atoms with E-state index < -0.39 is 21.7 Å². The summed E-state index contributed by atoms with van der Waals surface area (Å²) < 4.78 is 31.6. The largest absolute Gasteiger partial charge is 0.443 e. The molecule has 0 unspecified atom stereocenters. The number of hydrogen-bond donors (Lipinski definition) is 1. The average molecular weight is 307 g/mol. The zero-order valence-electron chi connectivity index (χ0n) is 12.1. The number of sulfonamides is 1. The highest BCUT2D eigenvalue weighted by Crippen LogP contribution is 2.22. The van der Waals surface area contributed by atoms with Gasteiger partial charge >= 0.3 is 6.09 Å². The SMILES string of the molecule is CC(C)(C)OC(=O)NS(=O)(=O)c1cccc2ccccc12. The molecule has 0 heterocycles. The number of hydrogen-bond acceptors (Lipinski definition) is 4. The molecule has 2 aromatic carbocycles. The van der Waals surface area contributed by atoms with Crippen molar-refractivity contribution in [1.29, 1.82) is 0 Å². The van der Waals surface area contributed by atoms with Crippen LogP contribution in [0, 0.1) is 0 Å². The molecule has 0 atom stereocenters. The summed E-state index contributed by atoms with van der Waals surface area (Å²) in [5, 5.41) is 1.33. The summed E-state index contributed by atoms with van der Waals surface area (Å²) in [7, 11) is -3.98. The molecule has 0 aliphatic heterocycles. The van der Waals surface area contributed by atoms with E-state index in [1.807, 2.05) is 22.9 Å². The van der Waals surface area contributed by atoms with Crippen molar-refractivity contribution in [3.05, 3.63) is 42.5 Å². The van der Waals surface area contributed by atoms with Gasteiger partial charge in [-0.1, -0.05) is 36.4 Å². The van der Waals surface area contributed by atoms with E-state index in [4.69, 9.17) is 4.74 Å². The fourth-order valence-electron chi connectivity index (χ4n) is 1.89. The fourth-order valence-corrected chi connectivity index (χ4v) is 3.00. The Morgan fingerprint density at radius 1 is 1.05 bits per heavy atom.